The molecule has 146 valence electrons. The highest BCUT2D eigenvalue weighted by Crippen LogP contribution is 2.28. The van der Waals surface area contributed by atoms with Crippen molar-refractivity contribution in [1.29, 1.82) is 5.26 Å². The third kappa shape index (κ3) is 3.91. The van der Waals surface area contributed by atoms with Gasteiger partial charge in [-0.05, 0) is 36.4 Å². The Bertz CT molecular complexity index is 1010. The molecule has 0 bridgehead atoms. The molecule has 0 aliphatic carbocycles. The summed E-state index contributed by atoms with van der Waals surface area (Å²) in [5.41, 5.74) is 6.18. The van der Waals surface area contributed by atoms with Gasteiger partial charge >= 0.3 is 0 Å². The maximum atomic E-state index is 12.3. The van der Waals surface area contributed by atoms with E-state index in [1.54, 1.807) is 12.0 Å². The van der Waals surface area contributed by atoms with Crippen LogP contribution in [0.25, 0.3) is 0 Å². The number of nitriles is 1. The van der Waals surface area contributed by atoms with Gasteiger partial charge in [0, 0.05) is 5.69 Å². The molecule has 1 N–H and O–H groups in total. The molecule has 4 rings (SSSR count). The maximum Gasteiger partial charge on any atom is 0.243 e. The van der Waals surface area contributed by atoms with Gasteiger partial charge in [0.2, 0.25) is 5.91 Å². The van der Waals surface area contributed by atoms with Crippen molar-refractivity contribution in [3.63, 3.8) is 0 Å². The van der Waals surface area contributed by atoms with E-state index in [0.717, 1.165) is 22.8 Å². The molecule has 1 fully saturated rings. The molecular weight excluding hydrogens is 386 g/mol. The minimum absolute atomic E-state index is 0.0116. The lowest BCUT2D eigenvalue weighted by atomic mass is 10.2. The summed E-state index contributed by atoms with van der Waals surface area (Å²) < 4.78 is 5.20. The van der Waals surface area contributed by atoms with Crippen molar-refractivity contribution in [2.24, 2.45) is 5.10 Å². The van der Waals surface area contributed by atoms with Gasteiger partial charge in [-0.25, -0.2) is 0 Å². The third-order valence-corrected chi connectivity index (χ3v) is 5.62. The first kappa shape index (κ1) is 18.9. The van der Waals surface area contributed by atoms with E-state index < -0.39 is 0 Å². The SMILES string of the molecule is COc1ccc(N2CC(C#N)=C(N/N=C3\SCC(=O)N3c3ccccc3)C2)cc1. The predicted octanol–water partition coefficient (Wildman–Crippen LogP) is 2.93. The van der Waals surface area contributed by atoms with Gasteiger partial charge in [0.1, 0.15) is 5.75 Å². The number of amidine groups is 1. The van der Waals surface area contributed by atoms with Crippen molar-refractivity contribution in [1.82, 2.24) is 5.43 Å². The summed E-state index contributed by atoms with van der Waals surface area (Å²) >= 11 is 1.38. The van der Waals surface area contributed by atoms with Gasteiger partial charge < -0.3 is 9.64 Å². The number of nitrogens with one attached hydrogen (secondary N) is 1. The molecule has 7 nitrogen and oxygen atoms in total. The quantitative estimate of drug-likeness (QED) is 0.771. The molecule has 1 amide bonds. The highest BCUT2D eigenvalue weighted by Gasteiger charge is 2.30. The molecule has 0 radical (unpaired) electrons. The second kappa shape index (κ2) is 8.29. The van der Waals surface area contributed by atoms with Crippen LogP contribution in [0.3, 0.4) is 0 Å². The highest BCUT2D eigenvalue weighted by molar-refractivity contribution is 8.15. The summed E-state index contributed by atoms with van der Waals surface area (Å²) in [7, 11) is 1.63. The van der Waals surface area contributed by atoms with E-state index >= 15 is 0 Å². The molecule has 0 saturated carbocycles. The first-order valence-electron chi connectivity index (χ1n) is 9.05. The van der Waals surface area contributed by atoms with Crippen molar-refractivity contribution in [3.05, 3.63) is 65.9 Å². The average Bonchev–Trinajstić information content (AvgIpc) is 3.36. The topological polar surface area (TPSA) is 81.0 Å². The number of methoxy groups -OCH3 is 1. The molecule has 0 unspecified atom stereocenters. The lowest BCUT2D eigenvalue weighted by molar-refractivity contribution is -0.115. The van der Waals surface area contributed by atoms with Gasteiger partial charge in [0.05, 0.1) is 49.0 Å². The van der Waals surface area contributed by atoms with Crippen LogP contribution in [0.5, 0.6) is 5.75 Å². The van der Waals surface area contributed by atoms with Gasteiger partial charge in [-0.15, -0.1) is 5.10 Å². The van der Waals surface area contributed by atoms with Crippen LogP contribution in [0.4, 0.5) is 11.4 Å². The minimum atomic E-state index is -0.0116. The smallest absolute Gasteiger partial charge is 0.243 e. The molecule has 0 atom stereocenters. The molecule has 8 heteroatoms. The van der Waals surface area contributed by atoms with E-state index in [2.05, 4.69) is 21.5 Å². The number of para-hydroxylation sites is 1. The lowest BCUT2D eigenvalue weighted by Gasteiger charge is -2.19. The highest BCUT2D eigenvalue weighted by atomic mass is 32.2. The largest absolute Gasteiger partial charge is 0.497 e. The first-order chi connectivity index (χ1) is 14.2. The van der Waals surface area contributed by atoms with Crippen molar-refractivity contribution < 1.29 is 9.53 Å². The van der Waals surface area contributed by atoms with Crippen molar-refractivity contribution in [2.45, 2.75) is 0 Å². The van der Waals surface area contributed by atoms with E-state index in [-0.39, 0.29) is 5.91 Å². The van der Waals surface area contributed by atoms with Gasteiger partial charge in [0.25, 0.3) is 0 Å². The predicted molar refractivity (Wildman–Crippen MR) is 115 cm³/mol. The summed E-state index contributed by atoms with van der Waals surface area (Å²) in [6.07, 6.45) is 0. The Morgan fingerprint density at radius 2 is 1.86 bits per heavy atom. The molecule has 1 saturated heterocycles. The molecule has 0 spiro atoms. The first-order valence-corrected chi connectivity index (χ1v) is 10.0. The van der Waals surface area contributed by atoms with Gasteiger partial charge in [0.15, 0.2) is 5.17 Å². The van der Waals surface area contributed by atoms with Crippen LogP contribution in [-0.4, -0.2) is 37.0 Å². The zero-order valence-electron chi connectivity index (χ0n) is 15.8. The fraction of sp³-hybridized carbons (Fsp3) is 0.190. The second-order valence-corrected chi connectivity index (χ2v) is 7.43. The Labute approximate surface area is 173 Å². The molecule has 2 heterocycles. The van der Waals surface area contributed by atoms with Crippen LogP contribution in [0.1, 0.15) is 0 Å². The van der Waals surface area contributed by atoms with Crippen molar-refractivity contribution in [2.75, 3.05) is 35.8 Å². The molecule has 2 aliphatic heterocycles. The van der Waals surface area contributed by atoms with E-state index in [9.17, 15) is 10.1 Å². The number of nitrogens with zero attached hydrogens (tertiary/aromatic N) is 4. The van der Waals surface area contributed by atoms with Gasteiger partial charge in [-0.2, -0.15) is 5.26 Å². The number of benzene rings is 2. The van der Waals surface area contributed by atoms with Crippen molar-refractivity contribution >= 4 is 34.2 Å². The Morgan fingerprint density at radius 1 is 1.10 bits per heavy atom. The Hall–Kier alpha value is -3.44. The number of rotatable bonds is 5. The van der Waals surface area contributed by atoms with E-state index in [0.29, 0.717) is 29.6 Å². The van der Waals surface area contributed by atoms with Crippen LogP contribution >= 0.6 is 11.8 Å². The summed E-state index contributed by atoms with van der Waals surface area (Å²) in [4.78, 5) is 16.0. The fourth-order valence-corrected chi connectivity index (χ4v) is 4.03. The summed E-state index contributed by atoms with van der Waals surface area (Å²) in [6.45, 7) is 1.04. The number of hydrogen-bond donors (Lipinski definition) is 1. The molecular formula is C21H19N5O2S. The molecule has 2 aromatic carbocycles. The normalized spacial score (nSPS) is 17.8. The average molecular weight is 405 g/mol. The number of amides is 1. The number of ether oxygens (including phenoxy) is 1. The monoisotopic (exact) mass is 405 g/mol. The molecule has 2 aromatic rings. The number of hydrogen-bond acceptors (Lipinski definition) is 7. The Balaban J connectivity index is 1.50. The molecule has 2 aliphatic rings. The van der Waals surface area contributed by atoms with E-state index in [1.165, 1.54) is 11.8 Å². The van der Waals surface area contributed by atoms with Gasteiger partial charge in [-0.3, -0.25) is 15.1 Å². The van der Waals surface area contributed by atoms with Crippen LogP contribution in [0, 0.1) is 11.3 Å². The Kier molecular flexibility index (Phi) is 5.40. The number of anilines is 2. The number of thioether (sulfide) groups is 1. The standard InChI is InChI=1S/C21H19N5O2S/c1-28-18-9-7-16(8-10-18)25-12-15(11-22)19(13-25)23-24-21-26(20(27)14-29-21)17-5-3-2-4-6-17/h2-10,23H,12-14H2,1H3/b24-21-. The zero-order chi connectivity index (χ0) is 20.2. The van der Waals surface area contributed by atoms with E-state index in [4.69, 9.17) is 4.74 Å². The number of carbonyl (C=O) groups is 1. The summed E-state index contributed by atoms with van der Waals surface area (Å²) in [6, 6.07) is 19.4. The lowest BCUT2D eigenvalue weighted by Crippen LogP contribution is -2.30. The molecule has 29 heavy (non-hydrogen) atoms. The van der Waals surface area contributed by atoms with Gasteiger partial charge in [-0.1, -0.05) is 30.0 Å². The fourth-order valence-electron chi connectivity index (χ4n) is 3.20. The second-order valence-electron chi connectivity index (χ2n) is 6.48. The van der Waals surface area contributed by atoms with E-state index in [1.807, 2.05) is 54.6 Å². The van der Waals surface area contributed by atoms with Crippen LogP contribution in [0.2, 0.25) is 0 Å². The summed E-state index contributed by atoms with van der Waals surface area (Å²) in [5.74, 6) is 1.12. The Morgan fingerprint density at radius 3 is 2.55 bits per heavy atom. The number of carbonyl (C=O) groups excluding carboxylic acids is 1. The van der Waals surface area contributed by atoms with Crippen LogP contribution in [-0.2, 0) is 4.79 Å². The maximum absolute atomic E-state index is 12.3. The summed E-state index contributed by atoms with van der Waals surface area (Å²) in [5, 5.41) is 14.6. The minimum Gasteiger partial charge on any atom is -0.497 e. The molecule has 0 aromatic heterocycles. The van der Waals surface area contributed by atoms with Crippen LogP contribution in [0.15, 0.2) is 71.0 Å². The third-order valence-electron chi connectivity index (χ3n) is 4.70. The van der Waals surface area contributed by atoms with Crippen LogP contribution < -0.4 is 20.0 Å². The zero-order valence-corrected chi connectivity index (χ0v) is 16.6. The van der Waals surface area contributed by atoms with Crippen molar-refractivity contribution in [3.8, 4) is 11.8 Å². The number of hydrazone groups is 1.